The van der Waals surface area contributed by atoms with Crippen molar-refractivity contribution in [2.45, 2.75) is 70.4 Å². The van der Waals surface area contributed by atoms with E-state index in [-0.39, 0.29) is 36.6 Å². The molecular weight excluding hydrogens is 350 g/mol. The fourth-order valence-electron chi connectivity index (χ4n) is 3.17. The van der Waals surface area contributed by atoms with Gasteiger partial charge in [0.2, 0.25) is 17.7 Å². The van der Waals surface area contributed by atoms with Crippen LogP contribution in [0.15, 0.2) is 4.42 Å². The molecule has 0 unspecified atom stereocenters. The molecule has 0 bridgehead atoms. The number of amides is 1. The van der Waals surface area contributed by atoms with E-state index < -0.39 is 12.0 Å². The molecule has 0 saturated carbocycles. The lowest BCUT2D eigenvalue weighted by molar-refractivity contribution is -0.137. The molecule has 2 atom stereocenters. The molecule has 2 rings (SSSR count). The molecule has 152 valence electrons. The first-order valence-electron chi connectivity index (χ1n) is 9.83. The van der Waals surface area contributed by atoms with Crippen molar-refractivity contribution in [1.82, 2.24) is 20.8 Å². The predicted octanol–water partition coefficient (Wildman–Crippen LogP) is 1.67. The normalized spacial score (nSPS) is 17.4. The van der Waals surface area contributed by atoms with Gasteiger partial charge in [0.05, 0.1) is 6.04 Å². The highest BCUT2D eigenvalue weighted by molar-refractivity contribution is 5.79. The Morgan fingerprint density at radius 2 is 1.96 bits per heavy atom. The molecule has 1 saturated heterocycles. The second kappa shape index (κ2) is 11.0. The van der Waals surface area contributed by atoms with Crippen molar-refractivity contribution in [3.63, 3.8) is 0 Å². The molecule has 9 nitrogen and oxygen atoms in total. The molecule has 1 aromatic rings. The van der Waals surface area contributed by atoms with E-state index in [9.17, 15) is 9.59 Å². The minimum absolute atomic E-state index is 0.0859. The van der Waals surface area contributed by atoms with Crippen molar-refractivity contribution in [3.05, 3.63) is 11.8 Å². The lowest BCUT2D eigenvalue weighted by Crippen LogP contribution is -2.39. The SMILES string of the molecule is CCCCC[C@H](N)c1nnc([C@H](CCC(=O)O)NC(=O)C2CCNCC2)o1. The minimum Gasteiger partial charge on any atom is -0.481 e. The lowest BCUT2D eigenvalue weighted by Gasteiger charge is -2.24. The van der Waals surface area contributed by atoms with Gasteiger partial charge in [-0.25, -0.2) is 0 Å². The summed E-state index contributed by atoms with van der Waals surface area (Å²) in [6.07, 6.45) is 5.52. The molecule has 0 spiro atoms. The van der Waals surface area contributed by atoms with Crippen LogP contribution in [-0.4, -0.2) is 40.3 Å². The Morgan fingerprint density at radius 1 is 1.26 bits per heavy atom. The number of aliphatic carboxylic acids is 1. The summed E-state index contributed by atoms with van der Waals surface area (Å²) >= 11 is 0. The van der Waals surface area contributed by atoms with Gasteiger partial charge in [-0.2, -0.15) is 0 Å². The molecule has 1 aromatic heterocycles. The maximum Gasteiger partial charge on any atom is 0.303 e. The number of carbonyl (C=O) groups is 2. The number of hydrogen-bond acceptors (Lipinski definition) is 7. The Hall–Kier alpha value is -2.00. The van der Waals surface area contributed by atoms with Gasteiger partial charge in [0, 0.05) is 12.3 Å². The van der Waals surface area contributed by atoms with Crippen LogP contribution in [0.5, 0.6) is 0 Å². The van der Waals surface area contributed by atoms with Crippen molar-refractivity contribution in [2.24, 2.45) is 11.7 Å². The Kier molecular flexibility index (Phi) is 8.66. The molecule has 9 heteroatoms. The molecule has 1 aliphatic rings. The number of nitrogens with two attached hydrogens (primary N) is 1. The fraction of sp³-hybridized carbons (Fsp3) is 0.778. The molecule has 0 aromatic carbocycles. The number of hydrogen-bond donors (Lipinski definition) is 4. The smallest absolute Gasteiger partial charge is 0.303 e. The summed E-state index contributed by atoms with van der Waals surface area (Å²) in [5.74, 6) is -0.569. The predicted molar refractivity (Wildman–Crippen MR) is 98.7 cm³/mol. The number of rotatable bonds is 11. The number of carboxylic acids is 1. The average Bonchev–Trinajstić information content (AvgIpc) is 3.15. The molecular formula is C18H31N5O4. The fourth-order valence-corrected chi connectivity index (χ4v) is 3.17. The number of piperidine rings is 1. The summed E-state index contributed by atoms with van der Waals surface area (Å²) in [6, 6.07) is -0.967. The van der Waals surface area contributed by atoms with Gasteiger partial charge < -0.3 is 25.9 Å². The van der Waals surface area contributed by atoms with Crippen LogP contribution < -0.4 is 16.4 Å². The Labute approximate surface area is 159 Å². The highest BCUT2D eigenvalue weighted by Crippen LogP contribution is 2.23. The van der Waals surface area contributed by atoms with E-state index in [1.165, 1.54) is 0 Å². The number of carbonyl (C=O) groups excluding carboxylic acids is 1. The van der Waals surface area contributed by atoms with Gasteiger partial charge >= 0.3 is 5.97 Å². The quantitative estimate of drug-likeness (QED) is 0.424. The molecule has 5 N–H and O–H groups in total. The zero-order valence-corrected chi connectivity index (χ0v) is 15.9. The monoisotopic (exact) mass is 381 g/mol. The zero-order chi connectivity index (χ0) is 19.6. The number of unbranched alkanes of at least 4 members (excludes halogenated alkanes) is 2. The lowest BCUT2D eigenvalue weighted by atomic mass is 9.96. The molecule has 0 aliphatic carbocycles. The summed E-state index contributed by atoms with van der Waals surface area (Å²) in [4.78, 5) is 23.5. The topological polar surface area (TPSA) is 143 Å². The third-order valence-electron chi connectivity index (χ3n) is 4.86. The molecule has 1 amide bonds. The summed E-state index contributed by atoms with van der Waals surface area (Å²) in [6.45, 7) is 3.72. The van der Waals surface area contributed by atoms with Gasteiger partial charge in [-0.1, -0.05) is 26.2 Å². The van der Waals surface area contributed by atoms with E-state index in [1.54, 1.807) is 0 Å². The first-order chi connectivity index (χ1) is 13.0. The number of nitrogens with zero attached hydrogens (tertiary/aromatic N) is 2. The Balaban J connectivity index is 2.02. The summed E-state index contributed by atoms with van der Waals surface area (Å²) in [7, 11) is 0. The van der Waals surface area contributed by atoms with Crippen LogP contribution in [0.25, 0.3) is 0 Å². The Morgan fingerprint density at radius 3 is 2.63 bits per heavy atom. The van der Waals surface area contributed by atoms with E-state index >= 15 is 0 Å². The highest BCUT2D eigenvalue weighted by atomic mass is 16.4. The minimum atomic E-state index is -0.938. The number of aromatic nitrogens is 2. The van der Waals surface area contributed by atoms with E-state index in [0.29, 0.717) is 5.89 Å². The highest BCUT2D eigenvalue weighted by Gasteiger charge is 2.27. The zero-order valence-electron chi connectivity index (χ0n) is 15.9. The van der Waals surface area contributed by atoms with Crippen molar-refractivity contribution >= 4 is 11.9 Å². The van der Waals surface area contributed by atoms with Crippen LogP contribution in [0, 0.1) is 5.92 Å². The van der Waals surface area contributed by atoms with Crippen molar-refractivity contribution in [2.75, 3.05) is 13.1 Å². The number of carboxylic acid groups (broad SMARTS) is 1. The van der Waals surface area contributed by atoms with E-state index in [4.69, 9.17) is 15.3 Å². The van der Waals surface area contributed by atoms with Crippen molar-refractivity contribution in [1.29, 1.82) is 0 Å². The van der Waals surface area contributed by atoms with Crippen LogP contribution in [0.2, 0.25) is 0 Å². The van der Waals surface area contributed by atoms with Crippen LogP contribution in [0.4, 0.5) is 0 Å². The molecule has 1 aliphatic heterocycles. The van der Waals surface area contributed by atoms with Gasteiger partial charge in [0.1, 0.15) is 6.04 Å². The van der Waals surface area contributed by atoms with Crippen LogP contribution in [0.1, 0.15) is 82.2 Å². The van der Waals surface area contributed by atoms with Gasteiger partial charge in [-0.15, -0.1) is 10.2 Å². The largest absolute Gasteiger partial charge is 0.481 e. The molecule has 1 fully saturated rings. The maximum absolute atomic E-state index is 12.5. The second-order valence-electron chi connectivity index (χ2n) is 7.10. The van der Waals surface area contributed by atoms with E-state index in [2.05, 4.69) is 27.8 Å². The van der Waals surface area contributed by atoms with Crippen molar-refractivity contribution in [3.8, 4) is 0 Å². The third kappa shape index (κ3) is 6.91. The molecule has 0 radical (unpaired) electrons. The van der Waals surface area contributed by atoms with Crippen LogP contribution in [-0.2, 0) is 9.59 Å². The molecule has 2 heterocycles. The molecule has 27 heavy (non-hydrogen) atoms. The first kappa shape index (κ1) is 21.3. The summed E-state index contributed by atoms with van der Waals surface area (Å²) in [5.41, 5.74) is 6.10. The van der Waals surface area contributed by atoms with Gasteiger partial charge in [-0.3, -0.25) is 9.59 Å². The van der Waals surface area contributed by atoms with Gasteiger partial charge in [-0.05, 0) is 38.8 Å². The second-order valence-corrected chi connectivity index (χ2v) is 7.10. The average molecular weight is 381 g/mol. The number of nitrogens with one attached hydrogen (secondary N) is 2. The first-order valence-corrected chi connectivity index (χ1v) is 9.83. The third-order valence-corrected chi connectivity index (χ3v) is 4.86. The Bertz CT molecular complexity index is 600. The summed E-state index contributed by atoms with van der Waals surface area (Å²) < 4.78 is 5.69. The van der Waals surface area contributed by atoms with E-state index in [1.807, 2.05) is 0 Å². The maximum atomic E-state index is 12.5. The van der Waals surface area contributed by atoms with Crippen LogP contribution in [0.3, 0.4) is 0 Å². The van der Waals surface area contributed by atoms with Crippen molar-refractivity contribution < 1.29 is 19.1 Å². The standard InChI is InChI=1S/C18H31N5O4/c1-2-3-4-5-13(19)17-22-23-18(27-17)14(6-7-15(24)25)21-16(26)12-8-10-20-11-9-12/h12-14,20H,2-11,19H2,1H3,(H,21,26)(H,24,25)/t13-,14-/m0/s1. The van der Waals surface area contributed by atoms with Gasteiger partial charge in [0.15, 0.2) is 0 Å². The van der Waals surface area contributed by atoms with E-state index in [0.717, 1.165) is 51.6 Å². The van der Waals surface area contributed by atoms with Crippen LogP contribution >= 0.6 is 0 Å². The summed E-state index contributed by atoms with van der Waals surface area (Å²) in [5, 5.41) is 23.2. The van der Waals surface area contributed by atoms with Gasteiger partial charge in [0.25, 0.3) is 0 Å².